The summed E-state index contributed by atoms with van der Waals surface area (Å²) in [6.07, 6.45) is 0. The van der Waals surface area contributed by atoms with Crippen molar-refractivity contribution in [2.75, 3.05) is 4.90 Å². The molecular weight excluding hydrogens is 647 g/mol. The average Bonchev–Trinajstić information content (AvgIpc) is 3.52. The first-order valence-corrected chi connectivity index (χ1v) is 18.3. The highest BCUT2D eigenvalue weighted by atomic mass is 16.5. The van der Waals surface area contributed by atoms with Crippen molar-refractivity contribution >= 4 is 17.1 Å². The maximum absolute atomic E-state index is 7.20. The summed E-state index contributed by atoms with van der Waals surface area (Å²) in [6, 6.07) is 68.2. The molecule has 0 saturated carbocycles. The summed E-state index contributed by atoms with van der Waals surface area (Å²) in [5, 5.41) is 0. The van der Waals surface area contributed by atoms with Crippen LogP contribution < -0.4 is 14.4 Å². The maximum atomic E-state index is 7.20. The number of para-hydroxylation sites is 6. The van der Waals surface area contributed by atoms with E-state index in [9.17, 15) is 0 Å². The molecule has 0 fully saturated rings. The number of fused-ring (bicyclic) bond motifs is 17. The molecule has 0 N–H and O–H groups in total. The first-order valence-electron chi connectivity index (χ1n) is 18.3. The van der Waals surface area contributed by atoms with Crippen LogP contribution in [-0.2, 0) is 10.8 Å². The molecule has 3 nitrogen and oxygen atoms in total. The van der Waals surface area contributed by atoms with E-state index in [1.54, 1.807) is 0 Å². The molecule has 3 heteroatoms. The molecule has 0 unspecified atom stereocenters. The highest BCUT2D eigenvalue weighted by Crippen LogP contribution is 2.68. The number of benzene rings is 8. The molecule has 2 spiro atoms. The van der Waals surface area contributed by atoms with Crippen LogP contribution in [0.25, 0.3) is 11.1 Å². The first-order chi connectivity index (χ1) is 26.3. The van der Waals surface area contributed by atoms with Gasteiger partial charge in [-0.25, -0.2) is 0 Å². The van der Waals surface area contributed by atoms with Gasteiger partial charge in [-0.1, -0.05) is 152 Å². The standard InChI is InChI=1S/C50H31NO2/c1-3-18-34-32(16-1)33-17-2-4-19-35(33)49(34)36-20-5-7-22-38(36)50(39-23-8-6-21-37(39)49)40-24-9-12-29-45(40)53-48-41(50)25-15-28-44(48)51-42-26-10-13-30-46(42)52-47-31-14-11-27-43(47)51/h1-31H. The summed E-state index contributed by atoms with van der Waals surface area (Å²) in [7, 11) is 0. The van der Waals surface area contributed by atoms with Gasteiger partial charge in [-0.3, -0.25) is 4.90 Å². The lowest BCUT2D eigenvalue weighted by atomic mass is 9.51. The summed E-state index contributed by atoms with van der Waals surface area (Å²) in [6.45, 7) is 0. The molecule has 0 saturated heterocycles. The Morgan fingerprint density at radius 1 is 0.283 bits per heavy atom. The van der Waals surface area contributed by atoms with Gasteiger partial charge in [-0.15, -0.1) is 0 Å². The van der Waals surface area contributed by atoms with Gasteiger partial charge >= 0.3 is 0 Å². The molecule has 8 aromatic rings. The molecule has 2 aliphatic carbocycles. The fourth-order valence-electron chi connectivity index (χ4n) is 10.1. The van der Waals surface area contributed by atoms with Gasteiger partial charge in [0.05, 0.1) is 27.9 Å². The predicted molar refractivity (Wildman–Crippen MR) is 210 cm³/mol. The number of ether oxygens (including phenoxy) is 2. The highest BCUT2D eigenvalue weighted by Gasteiger charge is 2.59. The molecule has 0 aromatic heterocycles. The van der Waals surface area contributed by atoms with Crippen molar-refractivity contribution in [2.24, 2.45) is 0 Å². The van der Waals surface area contributed by atoms with Crippen molar-refractivity contribution in [1.29, 1.82) is 0 Å². The normalized spacial score (nSPS) is 15.4. The largest absolute Gasteiger partial charge is 0.454 e. The lowest BCUT2D eigenvalue weighted by Crippen LogP contribution is -2.45. The number of nitrogens with zero attached hydrogens (tertiary/aromatic N) is 1. The molecule has 0 amide bonds. The van der Waals surface area contributed by atoms with Crippen LogP contribution in [0.2, 0.25) is 0 Å². The average molecular weight is 678 g/mol. The van der Waals surface area contributed by atoms with Gasteiger partial charge in [0.1, 0.15) is 5.75 Å². The van der Waals surface area contributed by atoms with E-state index in [1.807, 2.05) is 24.3 Å². The van der Waals surface area contributed by atoms with Crippen molar-refractivity contribution in [3.63, 3.8) is 0 Å². The molecule has 248 valence electrons. The summed E-state index contributed by atoms with van der Waals surface area (Å²) in [4.78, 5) is 2.31. The Bertz CT molecular complexity index is 2690. The second kappa shape index (κ2) is 10.4. The van der Waals surface area contributed by atoms with Gasteiger partial charge in [0.2, 0.25) is 0 Å². The van der Waals surface area contributed by atoms with E-state index in [1.165, 1.54) is 44.5 Å². The van der Waals surface area contributed by atoms with Crippen LogP contribution in [0.3, 0.4) is 0 Å². The molecule has 53 heavy (non-hydrogen) atoms. The van der Waals surface area contributed by atoms with Crippen LogP contribution in [0.5, 0.6) is 23.0 Å². The maximum Gasteiger partial charge on any atom is 0.156 e. The summed E-state index contributed by atoms with van der Waals surface area (Å²) in [5.74, 6) is 3.31. The van der Waals surface area contributed by atoms with E-state index in [0.717, 1.165) is 51.2 Å². The third-order valence-electron chi connectivity index (χ3n) is 12.0. The van der Waals surface area contributed by atoms with E-state index in [0.29, 0.717) is 0 Å². The minimum atomic E-state index is -0.684. The van der Waals surface area contributed by atoms with Gasteiger partial charge < -0.3 is 9.47 Å². The molecule has 12 rings (SSSR count). The fraction of sp³-hybridized carbons (Fsp3) is 0.0400. The molecule has 0 atom stereocenters. The number of hydrogen-bond acceptors (Lipinski definition) is 3. The Morgan fingerprint density at radius 2 is 0.660 bits per heavy atom. The van der Waals surface area contributed by atoms with Crippen LogP contribution in [0.4, 0.5) is 17.1 Å². The van der Waals surface area contributed by atoms with Crippen molar-refractivity contribution in [3.8, 4) is 34.1 Å². The van der Waals surface area contributed by atoms with Gasteiger partial charge in [0.25, 0.3) is 0 Å². The van der Waals surface area contributed by atoms with E-state index < -0.39 is 10.8 Å². The van der Waals surface area contributed by atoms with Gasteiger partial charge in [-0.2, -0.15) is 0 Å². The zero-order chi connectivity index (χ0) is 34.7. The zero-order valence-electron chi connectivity index (χ0n) is 28.7. The minimum Gasteiger partial charge on any atom is -0.454 e. The lowest BCUT2D eigenvalue weighted by molar-refractivity contribution is 0.429. The van der Waals surface area contributed by atoms with Crippen molar-refractivity contribution < 1.29 is 9.47 Å². The summed E-state index contributed by atoms with van der Waals surface area (Å²) < 4.78 is 13.7. The zero-order valence-corrected chi connectivity index (χ0v) is 28.7. The van der Waals surface area contributed by atoms with E-state index in [-0.39, 0.29) is 0 Å². The molecule has 0 bridgehead atoms. The van der Waals surface area contributed by atoms with Crippen LogP contribution in [0.15, 0.2) is 188 Å². The smallest absolute Gasteiger partial charge is 0.156 e. The SMILES string of the molecule is c1ccc2c(c1)Oc1ccccc1N2c1cccc2c1Oc1ccccc1C21c2ccccc2C2(c3ccccc3-c3ccccc32)c2ccccc21. The number of rotatable bonds is 1. The van der Waals surface area contributed by atoms with Crippen LogP contribution in [0, 0.1) is 0 Å². The van der Waals surface area contributed by atoms with Gasteiger partial charge in [-0.05, 0) is 80.9 Å². The summed E-state index contributed by atoms with van der Waals surface area (Å²) in [5.41, 5.74) is 14.3. The fourth-order valence-corrected chi connectivity index (χ4v) is 10.1. The second-order valence-corrected chi connectivity index (χ2v) is 14.3. The van der Waals surface area contributed by atoms with Gasteiger partial charge in [0.15, 0.2) is 17.2 Å². The number of anilines is 3. The van der Waals surface area contributed by atoms with Gasteiger partial charge in [0, 0.05) is 11.1 Å². The Balaban J connectivity index is 1.23. The van der Waals surface area contributed by atoms with Crippen LogP contribution >= 0.6 is 0 Å². The molecule has 2 heterocycles. The second-order valence-electron chi connectivity index (χ2n) is 14.3. The van der Waals surface area contributed by atoms with Crippen molar-refractivity contribution in [3.05, 3.63) is 233 Å². The molecule has 8 aromatic carbocycles. The van der Waals surface area contributed by atoms with Crippen LogP contribution in [0.1, 0.15) is 44.5 Å². The molecule has 2 aliphatic heterocycles. The Labute approximate surface area is 308 Å². The van der Waals surface area contributed by atoms with E-state index >= 15 is 0 Å². The summed E-state index contributed by atoms with van der Waals surface area (Å²) >= 11 is 0. The van der Waals surface area contributed by atoms with Crippen molar-refractivity contribution in [1.82, 2.24) is 0 Å². The minimum absolute atomic E-state index is 0.501. The van der Waals surface area contributed by atoms with E-state index in [4.69, 9.17) is 9.47 Å². The van der Waals surface area contributed by atoms with Crippen molar-refractivity contribution in [2.45, 2.75) is 10.8 Å². The molecular formula is C50H31NO2. The quantitative estimate of drug-likeness (QED) is 0.173. The third-order valence-corrected chi connectivity index (χ3v) is 12.0. The molecule has 0 radical (unpaired) electrons. The third kappa shape index (κ3) is 3.45. The topological polar surface area (TPSA) is 21.7 Å². The molecule has 4 aliphatic rings. The first kappa shape index (κ1) is 28.8. The predicted octanol–water partition coefficient (Wildman–Crippen LogP) is 12.4. The Hall–Kier alpha value is -6.84. The number of hydrogen-bond donors (Lipinski definition) is 0. The van der Waals surface area contributed by atoms with E-state index in [2.05, 4.69) is 169 Å². The monoisotopic (exact) mass is 677 g/mol. The van der Waals surface area contributed by atoms with Crippen LogP contribution in [-0.4, -0.2) is 0 Å². The highest BCUT2D eigenvalue weighted by molar-refractivity contribution is 5.93. The lowest BCUT2D eigenvalue weighted by Gasteiger charge is -2.51. The Kier molecular flexibility index (Phi) is 5.64. The Morgan fingerprint density at radius 3 is 1.21 bits per heavy atom.